The lowest BCUT2D eigenvalue weighted by atomic mass is 10.1. The molecule has 1 fully saturated rings. The lowest BCUT2D eigenvalue weighted by molar-refractivity contribution is -0.112. The molecule has 2 aromatic rings. The summed E-state index contributed by atoms with van der Waals surface area (Å²) in [5.41, 5.74) is 0.806. The monoisotopic (exact) mass is 391 g/mol. The lowest BCUT2D eigenvalue weighted by Crippen LogP contribution is -2.25. The first-order valence-corrected chi connectivity index (χ1v) is 10.6. The van der Waals surface area contributed by atoms with Gasteiger partial charge in [0.15, 0.2) is 0 Å². The van der Waals surface area contributed by atoms with Crippen LogP contribution >= 0.6 is 11.8 Å². The molecule has 0 spiro atoms. The van der Waals surface area contributed by atoms with Gasteiger partial charge in [0.2, 0.25) is 0 Å². The minimum absolute atomic E-state index is 0.101. The summed E-state index contributed by atoms with van der Waals surface area (Å²) in [4.78, 5) is 14.7. The van der Waals surface area contributed by atoms with Crippen LogP contribution in [0.5, 0.6) is 0 Å². The second kappa shape index (κ2) is 10.6. The van der Waals surface area contributed by atoms with Crippen molar-refractivity contribution in [3.05, 3.63) is 66.4 Å². The van der Waals surface area contributed by atoms with E-state index < -0.39 is 0 Å². The summed E-state index contributed by atoms with van der Waals surface area (Å²) in [5, 5.41) is 15.6. The quantitative estimate of drug-likeness (QED) is 0.388. The second-order valence-electron chi connectivity index (χ2n) is 6.89. The Labute approximate surface area is 171 Å². The normalized spacial score (nSPS) is 15.3. The summed E-state index contributed by atoms with van der Waals surface area (Å²) in [6, 6.07) is 20.0. The lowest BCUT2D eigenvalue weighted by Gasteiger charge is -2.15. The first-order valence-electron chi connectivity index (χ1n) is 9.76. The average molecular weight is 392 g/mol. The molecule has 0 radical (unpaired) electrons. The van der Waals surface area contributed by atoms with Crippen molar-refractivity contribution in [1.82, 2.24) is 5.32 Å². The van der Waals surface area contributed by atoms with Crippen LogP contribution in [0.4, 0.5) is 5.69 Å². The number of nitrogens with one attached hydrogen (secondary N) is 2. The summed E-state index contributed by atoms with van der Waals surface area (Å²) in [7, 11) is 0. The second-order valence-corrected chi connectivity index (χ2v) is 8.01. The fraction of sp³-hybridized carbons (Fsp3) is 0.304. The van der Waals surface area contributed by atoms with Crippen molar-refractivity contribution in [3.63, 3.8) is 0 Å². The Morgan fingerprint density at radius 3 is 2.39 bits per heavy atom. The molecule has 144 valence electrons. The van der Waals surface area contributed by atoms with Crippen molar-refractivity contribution in [2.24, 2.45) is 0 Å². The van der Waals surface area contributed by atoms with Gasteiger partial charge in [-0.2, -0.15) is 5.26 Å². The van der Waals surface area contributed by atoms with Crippen LogP contribution in [0, 0.1) is 11.3 Å². The van der Waals surface area contributed by atoms with E-state index in [0.717, 1.165) is 22.6 Å². The van der Waals surface area contributed by atoms with Crippen LogP contribution < -0.4 is 10.6 Å². The van der Waals surface area contributed by atoms with Crippen LogP contribution in [0.2, 0.25) is 0 Å². The highest BCUT2D eigenvalue weighted by Crippen LogP contribution is 2.33. The summed E-state index contributed by atoms with van der Waals surface area (Å²) in [6.07, 6.45) is 8.69. The molecule has 1 saturated carbocycles. The van der Waals surface area contributed by atoms with E-state index in [1.165, 1.54) is 25.7 Å². The van der Waals surface area contributed by atoms with E-state index in [-0.39, 0.29) is 11.5 Å². The Balaban J connectivity index is 1.67. The first kappa shape index (κ1) is 20.0. The molecule has 0 atom stereocenters. The summed E-state index contributed by atoms with van der Waals surface area (Å²) < 4.78 is 0. The van der Waals surface area contributed by atoms with Crippen molar-refractivity contribution in [2.45, 2.75) is 54.4 Å². The summed E-state index contributed by atoms with van der Waals surface area (Å²) in [5.74, 6) is -0.385. The maximum absolute atomic E-state index is 12.6. The number of carbonyl (C=O) groups is 1. The van der Waals surface area contributed by atoms with Crippen LogP contribution in [0.1, 0.15) is 38.5 Å². The smallest absolute Gasteiger partial charge is 0.267 e. The number of carbonyl (C=O) groups excluding carboxylic acids is 1. The van der Waals surface area contributed by atoms with Gasteiger partial charge < -0.3 is 10.6 Å². The average Bonchev–Trinajstić information content (AvgIpc) is 3.00. The Bertz CT molecular complexity index is 850. The third kappa shape index (κ3) is 5.90. The molecule has 4 nitrogen and oxygen atoms in total. The highest BCUT2D eigenvalue weighted by Gasteiger charge is 2.14. The Morgan fingerprint density at radius 1 is 1.00 bits per heavy atom. The minimum Gasteiger partial charge on any atom is -0.387 e. The molecule has 1 aliphatic carbocycles. The SMILES string of the molecule is N#C/C(=C/NC1CCCCCC1)C(=O)Nc1ccccc1Sc1ccccc1. The van der Waals surface area contributed by atoms with Gasteiger partial charge in [0, 0.05) is 22.0 Å². The van der Waals surface area contributed by atoms with Gasteiger partial charge in [-0.05, 0) is 37.1 Å². The van der Waals surface area contributed by atoms with E-state index in [1.807, 2.05) is 60.7 Å². The van der Waals surface area contributed by atoms with Crippen LogP contribution in [0.15, 0.2) is 76.2 Å². The third-order valence-corrected chi connectivity index (χ3v) is 5.87. The van der Waals surface area contributed by atoms with Crippen molar-refractivity contribution in [1.29, 1.82) is 5.26 Å². The van der Waals surface area contributed by atoms with Gasteiger partial charge in [0.1, 0.15) is 11.6 Å². The van der Waals surface area contributed by atoms with Crippen LogP contribution in [-0.4, -0.2) is 11.9 Å². The Hall–Kier alpha value is -2.71. The van der Waals surface area contributed by atoms with E-state index >= 15 is 0 Å². The van der Waals surface area contributed by atoms with E-state index in [9.17, 15) is 10.1 Å². The molecule has 3 rings (SSSR count). The van der Waals surface area contributed by atoms with Gasteiger partial charge in [0.25, 0.3) is 5.91 Å². The molecule has 2 aromatic carbocycles. The van der Waals surface area contributed by atoms with Gasteiger partial charge in [-0.15, -0.1) is 0 Å². The number of amides is 1. The van der Waals surface area contributed by atoms with Gasteiger partial charge >= 0.3 is 0 Å². The molecule has 0 saturated heterocycles. The van der Waals surface area contributed by atoms with Crippen LogP contribution in [-0.2, 0) is 4.79 Å². The molecular weight excluding hydrogens is 366 g/mol. The van der Waals surface area contributed by atoms with Crippen molar-refractivity contribution in [2.75, 3.05) is 5.32 Å². The van der Waals surface area contributed by atoms with Crippen molar-refractivity contribution < 1.29 is 4.79 Å². The number of nitriles is 1. The molecule has 1 aliphatic rings. The molecule has 1 amide bonds. The number of nitrogens with zero attached hydrogens (tertiary/aromatic N) is 1. The number of rotatable bonds is 6. The highest BCUT2D eigenvalue weighted by molar-refractivity contribution is 7.99. The van der Waals surface area contributed by atoms with Crippen molar-refractivity contribution >= 4 is 23.4 Å². The van der Waals surface area contributed by atoms with Gasteiger partial charge in [-0.1, -0.05) is 67.8 Å². The number of anilines is 1. The molecule has 0 aromatic heterocycles. The zero-order valence-electron chi connectivity index (χ0n) is 15.9. The number of hydrogen-bond acceptors (Lipinski definition) is 4. The molecule has 5 heteroatoms. The summed E-state index contributed by atoms with van der Waals surface area (Å²) in [6.45, 7) is 0. The molecular formula is C23H25N3OS. The number of para-hydroxylation sites is 1. The molecule has 0 unspecified atom stereocenters. The Kier molecular flexibility index (Phi) is 7.57. The van der Waals surface area contributed by atoms with E-state index in [0.29, 0.717) is 11.7 Å². The molecule has 28 heavy (non-hydrogen) atoms. The van der Waals surface area contributed by atoms with E-state index in [2.05, 4.69) is 10.6 Å². The zero-order valence-corrected chi connectivity index (χ0v) is 16.7. The molecule has 2 N–H and O–H groups in total. The standard InChI is InChI=1S/C23H25N3OS/c24-16-18(17-25-19-10-4-1-2-5-11-19)23(27)26-21-14-8-9-15-22(21)28-20-12-6-3-7-13-20/h3,6-9,12-15,17,19,25H,1-2,4-5,10-11H2,(H,26,27)/b18-17-. The predicted octanol–water partition coefficient (Wildman–Crippen LogP) is 5.50. The van der Waals surface area contributed by atoms with Gasteiger partial charge in [0.05, 0.1) is 5.69 Å². The number of benzene rings is 2. The summed E-state index contributed by atoms with van der Waals surface area (Å²) >= 11 is 1.58. The minimum atomic E-state index is -0.385. The maximum atomic E-state index is 12.6. The fourth-order valence-electron chi connectivity index (χ4n) is 3.26. The van der Waals surface area contributed by atoms with E-state index in [4.69, 9.17) is 0 Å². The number of hydrogen-bond donors (Lipinski definition) is 2. The first-order chi connectivity index (χ1) is 13.8. The predicted molar refractivity (Wildman–Crippen MR) is 114 cm³/mol. The molecule has 0 heterocycles. The third-order valence-electron chi connectivity index (χ3n) is 4.79. The van der Waals surface area contributed by atoms with Crippen molar-refractivity contribution in [3.8, 4) is 6.07 Å². The fourth-order valence-corrected chi connectivity index (χ4v) is 4.18. The van der Waals surface area contributed by atoms with E-state index in [1.54, 1.807) is 18.0 Å². The van der Waals surface area contributed by atoms with Crippen LogP contribution in [0.25, 0.3) is 0 Å². The van der Waals surface area contributed by atoms with Gasteiger partial charge in [-0.3, -0.25) is 4.79 Å². The zero-order chi connectivity index (χ0) is 19.6. The topological polar surface area (TPSA) is 64.9 Å². The highest BCUT2D eigenvalue weighted by atomic mass is 32.2. The largest absolute Gasteiger partial charge is 0.387 e. The van der Waals surface area contributed by atoms with Gasteiger partial charge in [-0.25, -0.2) is 0 Å². The molecule has 0 bridgehead atoms. The molecule has 0 aliphatic heterocycles. The van der Waals surface area contributed by atoms with Crippen LogP contribution in [0.3, 0.4) is 0 Å². The Morgan fingerprint density at radius 2 is 1.68 bits per heavy atom. The maximum Gasteiger partial charge on any atom is 0.267 e.